The average Bonchev–Trinajstić information content (AvgIpc) is 2.93. The van der Waals surface area contributed by atoms with Crippen LogP contribution >= 0.6 is 0 Å². The highest BCUT2D eigenvalue weighted by molar-refractivity contribution is 5.80. The van der Waals surface area contributed by atoms with Crippen LogP contribution in [0.5, 0.6) is 0 Å². The number of likely N-dealkylation sites (tertiary alicyclic amines) is 1. The number of carbonyl (C=O) groups is 1. The molecule has 37 heavy (non-hydrogen) atoms. The molecule has 0 unspecified atom stereocenters. The fourth-order valence-electron chi connectivity index (χ4n) is 5.80. The maximum absolute atomic E-state index is 13.5. The lowest BCUT2D eigenvalue weighted by molar-refractivity contribution is -0.185. The van der Waals surface area contributed by atoms with Crippen molar-refractivity contribution in [1.29, 1.82) is 0 Å². The Morgan fingerprint density at radius 1 is 0.919 bits per heavy atom. The molecule has 1 aliphatic rings. The van der Waals surface area contributed by atoms with E-state index in [0.717, 1.165) is 23.2 Å². The Morgan fingerprint density at radius 2 is 1.38 bits per heavy atom. The lowest BCUT2D eigenvalue weighted by atomic mass is 9.68. The summed E-state index contributed by atoms with van der Waals surface area (Å²) in [6.07, 6.45) is 2.29. The number of ether oxygens (including phenoxy) is 2. The molecule has 0 N–H and O–H groups in total. The third-order valence-electron chi connectivity index (χ3n) is 7.77. The largest absolute Gasteiger partial charge is 0.467 e. The van der Waals surface area contributed by atoms with E-state index in [2.05, 4.69) is 105 Å². The van der Waals surface area contributed by atoms with Crippen LogP contribution in [0, 0.1) is 11.3 Å². The average molecular weight is 498 g/mol. The van der Waals surface area contributed by atoms with Gasteiger partial charge in [-0.2, -0.15) is 0 Å². The zero-order chi connectivity index (χ0) is 26.5. The summed E-state index contributed by atoms with van der Waals surface area (Å²) in [5, 5.41) is 0. The topological polar surface area (TPSA) is 38.8 Å². The first-order valence-electron chi connectivity index (χ1n) is 13.0. The van der Waals surface area contributed by atoms with Gasteiger partial charge in [0.15, 0.2) is 5.60 Å². The molecule has 1 fully saturated rings. The molecule has 0 radical (unpaired) electrons. The molecular weight excluding hydrogens is 458 g/mol. The van der Waals surface area contributed by atoms with Crippen LogP contribution < -0.4 is 0 Å². The second kappa shape index (κ2) is 11.0. The van der Waals surface area contributed by atoms with Crippen LogP contribution in [0.15, 0.2) is 104 Å². The maximum Gasteiger partial charge on any atom is 0.339 e. The third kappa shape index (κ3) is 5.14. The Kier molecular flexibility index (Phi) is 8.01. The van der Waals surface area contributed by atoms with Crippen molar-refractivity contribution in [2.24, 2.45) is 11.3 Å². The van der Waals surface area contributed by atoms with E-state index in [-0.39, 0.29) is 23.9 Å². The van der Waals surface area contributed by atoms with Crippen LogP contribution in [0.3, 0.4) is 0 Å². The molecule has 0 aliphatic carbocycles. The molecular formula is C33H39NO3. The summed E-state index contributed by atoms with van der Waals surface area (Å²) in [5.74, 6) is -0.169. The van der Waals surface area contributed by atoms with Gasteiger partial charge in [-0.05, 0) is 34.4 Å². The van der Waals surface area contributed by atoms with E-state index < -0.39 is 11.1 Å². The van der Waals surface area contributed by atoms with Gasteiger partial charge in [-0.15, -0.1) is 6.58 Å². The molecule has 0 amide bonds. The van der Waals surface area contributed by atoms with Crippen molar-refractivity contribution < 1.29 is 14.3 Å². The van der Waals surface area contributed by atoms with E-state index >= 15 is 0 Å². The van der Waals surface area contributed by atoms with Crippen molar-refractivity contribution in [2.75, 3.05) is 26.8 Å². The zero-order valence-corrected chi connectivity index (χ0v) is 22.5. The van der Waals surface area contributed by atoms with Gasteiger partial charge in [-0.25, -0.2) is 4.79 Å². The van der Waals surface area contributed by atoms with Gasteiger partial charge in [0.25, 0.3) is 0 Å². The minimum atomic E-state index is -1.12. The Hall–Kier alpha value is -3.21. The van der Waals surface area contributed by atoms with Gasteiger partial charge >= 0.3 is 5.97 Å². The highest BCUT2D eigenvalue weighted by atomic mass is 16.6. The summed E-state index contributed by atoms with van der Waals surface area (Å²) in [6, 6.07) is 31.8. The van der Waals surface area contributed by atoms with Gasteiger partial charge < -0.3 is 9.47 Å². The van der Waals surface area contributed by atoms with E-state index in [4.69, 9.17) is 9.47 Å². The van der Waals surface area contributed by atoms with Crippen molar-refractivity contribution in [3.63, 3.8) is 0 Å². The molecule has 0 saturated carbocycles. The minimum Gasteiger partial charge on any atom is -0.467 e. The maximum atomic E-state index is 13.5. The summed E-state index contributed by atoms with van der Waals surface area (Å²) in [4.78, 5) is 16.0. The lowest BCUT2D eigenvalue weighted by Crippen LogP contribution is -2.64. The van der Waals surface area contributed by atoms with Crippen molar-refractivity contribution in [2.45, 2.75) is 38.3 Å². The van der Waals surface area contributed by atoms with Crippen LogP contribution in [0.4, 0.5) is 0 Å². The molecule has 4 rings (SSSR count). The molecule has 4 heteroatoms. The van der Waals surface area contributed by atoms with Gasteiger partial charge in [-0.1, -0.05) is 118 Å². The summed E-state index contributed by atoms with van der Waals surface area (Å²) in [6.45, 7) is 12.0. The fourth-order valence-corrected chi connectivity index (χ4v) is 5.80. The number of benzene rings is 3. The number of hydrogen-bond acceptors (Lipinski definition) is 4. The van der Waals surface area contributed by atoms with Crippen LogP contribution in [0.25, 0.3) is 0 Å². The van der Waals surface area contributed by atoms with Gasteiger partial charge in [0, 0.05) is 13.1 Å². The first-order chi connectivity index (χ1) is 17.8. The molecule has 3 aromatic carbocycles. The van der Waals surface area contributed by atoms with E-state index in [1.54, 1.807) is 6.08 Å². The van der Waals surface area contributed by atoms with E-state index in [1.165, 1.54) is 7.11 Å². The van der Waals surface area contributed by atoms with Crippen molar-refractivity contribution in [1.82, 2.24) is 4.90 Å². The molecule has 1 saturated heterocycles. The lowest BCUT2D eigenvalue weighted by Gasteiger charge is -2.55. The normalized spacial score (nSPS) is 20.8. The molecule has 4 nitrogen and oxygen atoms in total. The van der Waals surface area contributed by atoms with E-state index in [0.29, 0.717) is 13.0 Å². The van der Waals surface area contributed by atoms with Gasteiger partial charge in [0.2, 0.25) is 0 Å². The quantitative estimate of drug-likeness (QED) is 0.203. The number of methoxy groups -OCH3 is 1. The summed E-state index contributed by atoms with van der Waals surface area (Å²) in [7, 11) is 1.45. The van der Waals surface area contributed by atoms with Crippen LogP contribution in [0.1, 0.15) is 43.9 Å². The van der Waals surface area contributed by atoms with E-state index in [9.17, 15) is 4.79 Å². The van der Waals surface area contributed by atoms with Crippen LogP contribution in [0.2, 0.25) is 0 Å². The molecule has 3 aromatic rings. The molecule has 1 heterocycles. The molecule has 0 aromatic heterocycles. The summed E-state index contributed by atoms with van der Waals surface area (Å²) < 4.78 is 11.8. The number of esters is 1. The SMILES string of the molecule is C=CCO[C@@]1(C(=O)OC)C[C@@H](C(C)(C)C)CN(C(c2ccccc2)(c2ccccc2)c2ccccc2)C1. The highest BCUT2D eigenvalue weighted by Gasteiger charge is 2.55. The third-order valence-corrected chi connectivity index (χ3v) is 7.77. The Bertz CT molecular complexity index is 1070. The number of piperidine rings is 1. The molecule has 0 bridgehead atoms. The number of rotatable bonds is 8. The number of nitrogens with zero attached hydrogens (tertiary/aromatic N) is 1. The Morgan fingerprint density at radius 3 is 1.76 bits per heavy atom. The first-order valence-corrected chi connectivity index (χ1v) is 13.0. The predicted molar refractivity (Wildman–Crippen MR) is 149 cm³/mol. The van der Waals surface area contributed by atoms with Gasteiger partial charge in [0.1, 0.15) is 0 Å². The molecule has 0 spiro atoms. The predicted octanol–water partition coefficient (Wildman–Crippen LogP) is 6.46. The second-order valence-corrected chi connectivity index (χ2v) is 11.0. The van der Waals surface area contributed by atoms with Crippen LogP contribution in [-0.4, -0.2) is 43.3 Å². The molecule has 1 aliphatic heterocycles. The van der Waals surface area contributed by atoms with Crippen molar-refractivity contribution in [3.05, 3.63) is 120 Å². The highest BCUT2D eigenvalue weighted by Crippen LogP contribution is 2.49. The van der Waals surface area contributed by atoms with Crippen molar-refractivity contribution in [3.8, 4) is 0 Å². The van der Waals surface area contributed by atoms with E-state index in [1.807, 2.05) is 18.2 Å². The Labute approximate surface area is 221 Å². The van der Waals surface area contributed by atoms with Crippen molar-refractivity contribution >= 4 is 5.97 Å². The summed E-state index contributed by atoms with van der Waals surface area (Å²) >= 11 is 0. The van der Waals surface area contributed by atoms with Gasteiger partial charge in [0.05, 0.1) is 19.3 Å². The smallest absolute Gasteiger partial charge is 0.339 e. The zero-order valence-electron chi connectivity index (χ0n) is 22.5. The monoisotopic (exact) mass is 497 g/mol. The number of carbonyl (C=O) groups excluding carboxylic acids is 1. The standard InChI is InChI=1S/C33H39NO3/c1-6-22-37-32(30(35)36-5)23-29(31(2,3)4)24-34(25-32)33(26-16-10-7-11-17-26,27-18-12-8-13-19-27)28-20-14-9-15-21-28/h6-21,29H,1,22-25H2,2-5H3/t29-,32+/m1/s1. The first kappa shape index (κ1) is 26.8. The minimum absolute atomic E-state index is 0.0642. The molecule has 2 atom stereocenters. The second-order valence-electron chi connectivity index (χ2n) is 11.0. The van der Waals surface area contributed by atoms with Crippen LogP contribution in [-0.2, 0) is 19.8 Å². The number of hydrogen-bond donors (Lipinski definition) is 0. The fraction of sp³-hybridized carbons (Fsp3) is 0.364. The molecule has 194 valence electrons. The summed E-state index contributed by atoms with van der Waals surface area (Å²) in [5.41, 5.74) is 1.59. The Balaban J connectivity index is 2.03. The van der Waals surface area contributed by atoms with Gasteiger partial charge in [-0.3, -0.25) is 4.90 Å².